The highest BCUT2D eigenvalue weighted by Crippen LogP contribution is 2.23. The van der Waals surface area contributed by atoms with Crippen LogP contribution >= 0.6 is 0 Å². The van der Waals surface area contributed by atoms with Crippen LogP contribution in [0.2, 0.25) is 0 Å². The quantitative estimate of drug-likeness (QED) is 0.848. The summed E-state index contributed by atoms with van der Waals surface area (Å²) in [7, 11) is 3.77. The van der Waals surface area contributed by atoms with Gasteiger partial charge in [0.2, 0.25) is 0 Å². The predicted molar refractivity (Wildman–Crippen MR) is 85.4 cm³/mol. The van der Waals surface area contributed by atoms with E-state index in [0.29, 0.717) is 0 Å². The second-order valence-corrected chi connectivity index (χ2v) is 5.22. The van der Waals surface area contributed by atoms with Gasteiger partial charge in [0.1, 0.15) is 5.75 Å². The first-order valence-electron chi connectivity index (χ1n) is 7.16. The van der Waals surface area contributed by atoms with Gasteiger partial charge in [-0.15, -0.1) is 0 Å². The van der Waals surface area contributed by atoms with Crippen molar-refractivity contribution < 1.29 is 4.74 Å². The molecule has 0 fully saturated rings. The maximum atomic E-state index is 6.31. The first-order chi connectivity index (χ1) is 10.2. The molecule has 1 atom stereocenters. The van der Waals surface area contributed by atoms with Crippen molar-refractivity contribution in [1.82, 2.24) is 9.88 Å². The Hall–Kier alpha value is -1.91. The first kappa shape index (κ1) is 15.5. The van der Waals surface area contributed by atoms with Crippen molar-refractivity contribution in [3.8, 4) is 5.75 Å². The maximum Gasteiger partial charge on any atom is 0.123 e. The lowest BCUT2D eigenvalue weighted by atomic mass is 10.1. The van der Waals surface area contributed by atoms with E-state index < -0.39 is 0 Å². The van der Waals surface area contributed by atoms with Crippen LogP contribution in [0.25, 0.3) is 0 Å². The minimum absolute atomic E-state index is 0.0522. The van der Waals surface area contributed by atoms with E-state index in [9.17, 15) is 0 Å². The smallest absolute Gasteiger partial charge is 0.123 e. The Morgan fingerprint density at radius 3 is 2.62 bits per heavy atom. The molecule has 1 aromatic carbocycles. The molecule has 21 heavy (non-hydrogen) atoms. The fourth-order valence-corrected chi connectivity index (χ4v) is 2.37. The minimum atomic E-state index is -0.0522. The highest BCUT2D eigenvalue weighted by molar-refractivity contribution is 5.35. The summed E-state index contributed by atoms with van der Waals surface area (Å²) in [6, 6.07) is 12.0. The molecule has 0 radical (unpaired) electrons. The molecule has 1 aromatic heterocycles. The van der Waals surface area contributed by atoms with Crippen molar-refractivity contribution in [3.63, 3.8) is 0 Å². The number of rotatable bonds is 7. The highest BCUT2D eigenvalue weighted by Gasteiger charge is 2.13. The predicted octanol–water partition coefficient (Wildman–Crippen LogP) is 2.26. The third-order valence-electron chi connectivity index (χ3n) is 3.58. The van der Waals surface area contributed by atoms with Gasteiger partial charge < -0.3 is 15.4 Å². The number of aromatic nitrogens is 1. The number of methoxy groups -OCH3 is 1. The number of nitrogens with two attached hydrogens (primary N) is 1. The highest BCUT2D eigenvalue weighted by atomic mass is 16.5. The van der Waals surface area contributed by atoms with Gasteiger partial charge in [-0.25, -0.2) is 0 Å². The maximum absolute atomic E-state index is 6.31. The molecule has 1 heterocycles. The number of benzene rings is 1. The van der Waals surface area contributed by atoms with Crippen molar-refractivity contribution in [2.45, 2.75) is 12.5 Å². The van der Waals surface area contributed by atoms with Gasteiger partial charge >= 0.3 is 0 Å². The Morgan fingerprint density at radius 2 is 1.90 bits per heavy atom. The Kier molecular flexibility index (Phi) is 5.72. The van der Waals surface area contributed by atoms with Gasteiger partial charge in [0.25, 0.3) is 0 Å². The Labute approximate surface area is 126 Å². The van der Waals surface area contributed by atoms with Gasteiger partial charge in [-0.2, -0.15) is 0 Å². The molecule has 1 unspecified atom stereocenters. The molecule has 112 valence electrons. The molecule has 0 saturated heterocycles. The average molecular weight is 285 g/mol. The van der Waals surface area contributed by atoms with Crippen molar-refractivity contribution in [2.24, 2.45) is 5.73 Å². The first-order valence-corrected chi connectivity index (χ1v) is 7.16. The fourth-order valence-electron chi connectivity index (χ4n) is 2.37. The molecule has 0 aliphatic rings. The number of hydrogen-bond donors (Lipinski definition) is 1. The molecule has 0 aliphatic heterocycles. The summed E-state index contributed by atoms with van der Waals surface area (Å²) >= 11 is 0. The molecule has 0 saturated carbocycles. The van der Waals surface area contributed by atoms with Gasteiger partial charge in [-0.05, 0) is 37.2 Å². The average Bonchev–Trinajstić information content (AvgIpc) is 2.53. The zero-order valence-electron chi connectivity index (χ0n) is 12.7. The lowest BCUT2D eigenvalue weighted by molar-refractivity contribution is 0.311. The number of hydrogen-bond acceptors (Lipinski definition) is 4. The summed E-state index contributed by atoms with van der Waals surface area (Å²) in [6.07, 6.45) is 4.66. The van der Waals surface area contributed by atoms with Gasteiger partial charge in [0, 0.05) is 37.1 Å². The van der Waals surface area contributed by atoms with Crippen LogP contribution in [0.3, 0.4) is 0 Å². The van der Waals surface area contributed by atoms with Crippen LogP contribution in [-0.4, -0.2) is 37.1 Å². The van der Waals surface area contributed by atoms with E-state index in [-0.39, 0.29) is 6.04 Å². The summed E-state index contributed by atoms with van der Waals surface area (Å²) in [4.78, 5) is 6.28. The SMILES string of the molecule is COc1ccccc1C(N)CN(C)CCc1ccncc1. The van der Waals surface area contributed by atoms with Gasteiger partial charge in [0.15, 0.2) is 0 Å². The third-order valence-corrected chi connectivity index (χ3v) is 3.58. The number of ether oxygens (including phenoxy) is 1. The van der Waals surface area contributed by atoms with Crippen LogP contribution in [0.1, 0.15) is 17.2 Å². The molecule has 2 N–H and O–H groups in total. The molecule has 4 nitrogen and oxygen atoms in total. The van der Waals surface area contributed by atoms with E-state index in [4.69, 9.17) is 10.5 Å². The van der Waals surface area contributed by atoms with Gasteiger partial charge in [0.05, 0.1) is 7.11 Å². The van der Waals surface area contributed by atoms with E-state index >= 15 is 0 Å². The molecule has 2 rings (SSSR count). The van der Waals surface area contributed by atoms with Crippen LogP contribution in [0, 0.1) is 0 Å². The molecule has 0 amide bonds. The van der Waals surface area contributed by atoms with Crippen molar-refractivity contribution in [1.29, 1.82) is 0 Å². The summed E-state index contributed by atoms with van der Waals surface area (Å²) in [5.74, 6) is 0.854. The van der Waals surface area contributed by atoms with Crippen LogP contribution in [-0.2, 0) is 6.42 Å². The third kappa shape index (κ3) is 4.55. The summed E-state index contributed by atoms with van der Waals surface area (Å²) in [5.41, 5.74) is 8.66. The normalized spacial score (nSPS) is 12.4. The Bertz CT molecular complexity index is 545. The topological polar surface area (TPSA) is 51.4 Å². The summed E-state index contributed by atoms with van der Waals surface area (Å²) in [5, 5.41) is 0. The zero-order valence-corrected chi connectivity index (χ0v) is 12.7. The van der Waals surface area contributed by atoms with E-state index in [1.165, 1.54) is 5.56 Å². The van der Waals surface area contributed by atoms with Crippen LogP contribution < -0.4 is 10.5 Å². The molecule has 0 spiro atoms. The van der Waals surface area contributed by atoms with Crippen molar-refractivity contribution >= 4 is 0 Å². The summed E-state index contributed by atoms with van der Waals surface area (Å²) in [6.45, 7) is 1.76. The molecular formula is C17H23N3O. The standard InChI is InChI=1S/C17H23N3O/c1-20(12-9-14-7-10-19-11-8-14)13-16(18)15-5-3-4-6-17(15)21-2/h3-8,10-11,16H,9,12-13,18H2,1-2H3. The monoisotopic (exact) mass is 285 g/mol. The molecule has 0 bridgehead atoms. The number of nitrogens with zero attached hydrogens (tertiary/aromatic N) is 2. The van der Waals surface area contributed by atoms with Crippen LogP contribution in [0.4, 0.5) is 0 Å². The lowest BCUT2D eigenvalue weighted by Crippen LogP contribution is -2.30. The largest absolute Gasteiger partial charge is 0.496 e. The second kappa shape index (κ2) is 7.76. The summed E-state index contributed by atoms with van der Waals surface area (Å²) < 4.78 is 5.37. The molecule has 2 aromatic rings. The second-order valence-electron chi connectivity index (χ2n) is 5.22. The number of likely N-dealkylation sites (N-methyl/N-ethyl adjacent to an activating group) is 1. The minimum Gasteiger partial charge on any atom is -0.496 e. The lowest BCUT2D eigenvalue weighted by Gasteiger charge is -2.22. The number of pyridine rings is 1. The van der Waals surface area contributed by atoms with Crippen molar-refractivity contribution in [3.05, 3.63) is 59.9 Å². The van der Waals surface area contributed by atoms with Gasteiger partial charge in [-0.3, -0.25) is 4.98 Å². The van der Waals surface area contributed by atoms with E-state index in [0.717, 1.165) is 30.8 Å². The fraction of sp³-hybridized carbons (Fsp3) is 0.353. The molecule has 4 heteroatoms. The van der Waals surface area contributed by atoms with Gasteiger partial charge in [-0.1, -0.05) is 18.2 Å². The van der Waals surface area contributed by atoms with E-state index in [1.54, 1.807) is 7.11 Å². The molecule has 0 aliphatic carbocycles. The Balaban J connectivity index is 1.88. The van der Waals surface area contributed by atoms with E-state index in [1.807, 2.05) is 48.8 Å². The van der Waals surface area contributed by atoms with Crippen LogP contribution in [0.15, 0.2) is 48.8 Å². The van der Waals surface area contributed by atoms with E-state index in [2.05, 4.69) is 16.9 Å². The zero-order chi connectivity index (χ0) is 15.1. The molecular weight excluding hydrogens is 262 g/mol. The number of para-hydroxylation sites is 1. The van der Waals surface area contributed by atoms with Crippen LogP contribution in [0.5, 0.6) is 5.75 Å². The Morgan fingerprint density at radius 1 is 1.19 bits per heavy atom. The van der Waals surface area contributed by atoms with Crippen molar-refractivity contribution in [2.75, 3.05) is 27.2 Å².